The van der Waals surface area contributed by atoms with Gasteiger partial charge in [-0.2, -0.15) is 0 Å². The summed E-state index contributed by atoms with van der Waals surface area (Å²) in [7, 11) is 0. The smallest absolute Gasteiger partial charge is 0.286 e. The molecule has 1 aliphatic carbocycles. The van der Waals surface area contributed by atoms with Gasteiger partial charge in [0.25, 0.3) is 5.91 Å². The first kappa shape index (κ1) is 16.3. The van der Waals surface area contributed by atoms with Crippen LogP contribution in [0.5, 0.6) is 0 Å². The summed E-state index contributed by atoms with van der Waals surface area (Å²) in [5.41, 5.74) is 1.10. The Bertz CT molecular complexity index is 689. The van der Waals surface area contributed by atoms with Crippen molar-refractivity contribution in [3.05, 3.63) is 54.2 Å². The van der Waals surface area contributed by atoms with Crippen molar-refractivity contribution in [1.29, 1.82) is 0 Å². The molecule has 1 amide bonds. The Hall–Kier alpha value is -2.18. The van der Waals surface area contributed by atoms with Crippen molar-refractivity contribution in [3.63, 3.8) is 0 Å². The lowest BCUT2D eigenvalue weighted by molar-refractivity contribution is -0.0760. The lowest BCUT2D eigenvalue weighted by atomic mass is 10.0. The Morgan fingerprint density at radius 1 is 1.28 bits per heavy atom. The zero-order chi connectivity index (χ0) is 17.1. The number of pyridine rings is 1. The lowest BCUT2D eigenvalue weighted by Crippen LogP contribution is -2.51. The number of nitrogens with zero attached hydrogens (tertiary/aromatic N) is 2. The summed E-state index contributed by atoms with van der Waals surface area (Å²) < 4.78 is 11.2. The van der Waals surface area contributed by atoms with Crippen molar-refractivity contribution >= 4 is 5.91 Å². The predicted molar refractivity (Wildman–Crippen MR) is 91.9 cm³/mol. The Balaban J connectivity index is 1.35. The zero-order valence-electron chi connectivity index (χ0n) is 14.1. The zero-order valence-corrected chi connectivity index (χ0v) is 14.1. The molecule has 2 fully saturated rings. The normalized spacial score (nSPS) is 26.3. The average Bonchev–Trinajstić information content (AvgIpc) is 3.31. The summed E-state index contributed by atoms with van der Waals surface area (Å²) in [6.45, 7) is 3.15. The molecule has 1 aliphatic heterocycles. The van der Waals surface area contributed by atoms with Gasteiger partial charge in [0, 0.05) is 37.8 Å². The van der Waals surface area contributed by atoms with E-state index >= 15 is 0 Å². The van der Waals surface area contributed by atoms with Gasteiger partial charge < -0.3 is 14.5 Å². The molecule has 0 radical (unpaired) electrons. The Morgan fingerprint density at radius 3 is 3.04 bits per heavy atom. The number of aromatic nitrogens is 1. The molecule has 132 valence electrons. The quantitative estimate of drug-likeness (QED) is 0.902. The Morgan fingerprint density at radius 2 is 2.24 bits per heavy atom. The van der Waals surface area contributed by atoms with Crippen LogP contribution in [0, 0.1) is 5.92 Å². The number of nitrogens with one attached hydrogen (secondary N) is 1. The molecule has 0 bridgehead atoms. The van der Waals surface area contributed by atoms with Crippen LogP contribution in [0.3, 0.4) is 0 Å². The van der Waals surface area contributed by atoms with Gasteiger partial charge in [-0.05, 0) is 37.1 Å². The molecule has 0 spiro atoms. The molecule has 25 heavy (non-hydrogen) atoms. The summed E-state index contributed by atoms with van der Waals surface area (Å²) in [6, 6.07) is 9.85. The number of fused-ring (bicyclic) bond motifs is 1. The number of hydrogen-bond acceptors (Lipinski definition) is 5. The number of carbonyl (C=O) groups excluding carboxylic acids is 1. The maximum absolute atomic E-state index is 12.1. The molecule has 6 nitrogen and oxygen atoms in total. The predicted octanol–water partition coefficient (Wildman–Crippen LogP) is 2.08. The number of rotatable bonds is 5. The van der Waals surface area contributed by atoms with E-state index in [1.807, 2.05) is 18.3 Å². The molecule has 2 aromatic heterocycles. The van der Waals surface area contributed by atoms with Crippen LogP contribution in [0.25, 0.3) is 0 Å². The van der Waals surface area contributed by atoms with Gasteiger partial charge in [0.2, 0.25) is 0 Å². The molecular weight excluding hydrogens is 318 g/mol. The number of carbonyl (C=O) groups is 1. The third-order valence-corrected chi connectivity index (χ3v) is 5.20. The minimum absolute atomic E-state index is 0.158. The highest BCUT2D eigenvalue weighted by molar-refractivity contribution is 5.91. The summed E-state index contributed by atoms with van der Waals surface area (Å²) in [5.74, 6) is 0.543. The van der Waals surface area contributed by atoms with E-state index < -0.39 is 0 Å². The maximum atomic E-state index is 12.1. The molecule has 0 aromatic carbocycles. The van der Waals surface area contributed by atoms with Crippen LogP contribution in [0.4, 0.5) is 0 Å². The highest BCUT2D eigenvalue weighted by atomic mass is 16.5. The van der Waals surface area contributed by atoms with Gasteiger partial charge >= 0.3 is 0 Å². The number of hydrogen-bond donors (Lipinski definition) is 1. The third-order valence-electron chi connectivity index (χ3n) is 5.20. The molecule has 1 saturated heterocycles. The van der Waals surface area contributed by atoms with E-state index in [1.165, 1.54) is 6.26 Å². The highest BCUT2D eigenvalue weighted by Gasteiger charge is 2.42. The van der Waals surface area contributed by atoms with Crippen LogP contribution in [0.15, 0.2) is 47.2 Å². The van der Waals surface area contributed by atoms with E-state index in [1.54, 1.807) is 12.1 Å². The topological polar surface area (TPSA) is 67.6 Å². The van der Waals surface area contributed by atoms with Crippen LogP contribution in [0.1, 0.15) is 29.1 Å². The summed E-state index contributed by atoms with van der Waals surface area (Å²) in [4.78, 5) is 19.0. The van der Waals surface area contributed by atoms with Crippen molar-refractivity contribution in [2.24, 2.45) is 5.92 Å². The standard InChI is InChI=1S/C19H23N3O3/c23-19(17-5-3-10-24-17)21-12-14-6-7-16-18(14)25-11-9-22(16)13-15-4-1-2-8-20-15/h1-5,8,10,14,16,18H,6-7,9,11-13H2,(H,21,23). The van der Waals surface area contributed by atoms with Crippen molar-refractivity contribution < 1.29 is 13.9 Å². The fourth-order valence-electron chi connectivity index (χ4n) is 3.97. The molecular formula is C19H23N3O3. The number of morpholine rings is 1. The Labute approximate surface area is 147 Å². The Kier molecular flexibility index (Phi) is 4.81. The highest BCUT2D eigenvalue weighted by Crippen LogP contribution is 2.35. The first-order valence-electron chi connectivity index (χ1n) is 8.88. The van der Waals surface area contributed by atoms with Crippen LogP contribution in [0.2, 0.25) is 0 Å². The fraction of sp³-hybridized carbons (Fsp3) is 0.474. The number of amides is 1. The van der Waals surface area contributed by atoms with E-state index in [0.29, 0.717) is 24.3 Å². The van der Waals surface area contributed by atoms with Gasteiger partial charge in [-0.3, -0.25) is 14.7 Å². The van der Waals surface area contributed by atoms with E-state index in [0.717, 1.165) is 38.2 Å². The maximum Gasteiger partial charge on any atom is 0.286 e. The van der Waals surface area contributed by atoms with E-state index in [4.69, 9.17) is 9.15 Å². The van der Waals surface area contributed by atoms with Crippen LogP contribution in [-0.2, 0) is 11.3 Å². The minimum atomic E-state index is -0.158. The monoisotopic (exact) mass is 341 g/mol. The SMILES string of the molecule is O=C(NCC1CCC2C1OCCN2Cc1ccccn1)c1ccco1. The molecule has 2 aliphatic rings. The summed E-state index contributed by atoms with van der Waals surface area (Å²) >= 11 is 0. The second kappa shape index (κ2) is 7.37. The molecule has 3 atom stereocenters. The molecule has 3 heterocycles. The molecule has 6 heteroatoms. The second-order valence-corrected chi connectivity index (χ2v) is 6.72. The average molecular weight is 341 g/mol. The van der Waals surface area contributed by atoms with Gasteiger partial charge in [0.15, 0.2) is 5.76 Å². The van der Waals surface area contributed by atoms with Gasteiger partial charge in [-0.15, -0.1) is 0 Å². The molecule has 1 saturated carbocycles. The largest absolute Gasteiger partial charge is 0.459 e. The summed E-state index contributed by atoms with van der Waals surface area (Å²) in [6.07, 6.45) is 5.69. The second-order valence-electron chi connectivity index (χ2n) is 6.72. The van der Waals surface area contributed by atoms with Gasteiger partial charge in [0.05, 0.1) is 24.7 Å². The number of ether oxygens (including phenoxy) is 1. The molecule has 1 N–H and O–H groups in total. The molecule has 3 unspecified atom stereocenters. The molecule has 2 aromatic rings. The summed E-state index contributed by atoms with van der Waals surface area (Å²) in [5, 5.41) is 2.98. The van der Waals surface area contributed by atoms with Crippen molar-refractivity contribution in [3.8, 4) is 0 Å². The van der Waals surface area contributed by atoms with Crippen molar-refractivity contribution in [2.45, 2.75) is 31.5 Å². The van der Waals surface area contributed by atoms with Crippen LogP contribution < -0.4 is 5.32 Å². The number of furan rings is 1. The van der Waals surface area contributed by atoms with E-state index in [-0.39, 0.29) is 12.0 Å². The van der Waals surface area contributed by atoms with Crippen LogP contribution >= 0.6 is 0 Å². The first-order valence-corrected chi connectivity index (χ1v) is 8.88. The van der Waals surface area contributed by atoms with E-state index in [9.17, 15) is 4.79 Å². The van der Waals surface area contributed by atoms with Gasteiger partial charge in [-0.25, -0.2) is 0 Å². The fourth-order valence-corrected chi connectivity index (χ4v) is 3.97. The third kappa shape index (κ3) is 3.60. The minimum Gasteiger partial charge on any atom is -0.459 e. The van der Waals surface area contributed by atoms with Crippen LogP contribution in [-0.4, -0.2) is 47.6 Å². The van der Waals surface area contributed by atoms with Gasteiger partial charge in [0.1, 0.15) is 0 Å². The van der Waals surface area contributed by atoms with Crippen molar-refractivity contribution in [2.75, 3.05) is 19.7 Å². The lowest BCUT2D eigenvalue weighted by Gasteiger charge is -2.39. The molecule has 4 rings (SSSR count). The van der Waals surface area contributed by atoms with E-state index in [2.05, 4.69) is 21.3 Å². The van der Waals surface area contributed by atoms with Crippen molar-refractivity contribution in [1.82, 2.24) is 15.2 Å². The first-order chi connectivity index (χ1) is 12.3. The van der Waals surface area contributed by atoms with Gasteiger partial charge in [-0.1, -0.05) is 6.07 Å².